The van der Waals surface area contributed by atoms with Gasteiger partial charge in [-0.2, -0.15) is 0 Å². The summed E-state index contributed by atoms with van der Waals surface area (Å²) in [5, 5.41) is 12.5. The number of carbonyl (C=O) groups is 1. The number of esters is 1. The summed E-state index contributed by atoms with van der Waals surface area (Å²) in [6, 6.07) is 3.42. The molecule has 0 saturated heterocycles. The Hall–Kier alpha value is -1.62. The minimum absolute atomic E-state index is 0.284. The van der Waals surface area contributed by atoms with Crippen LogP contribution in [0.3, 0.4) is 0 Å². The van der Waals surface area contributed by atoms with Gasteiger partial charge in [0.15, 0.2) is 0 Å². The maximum Gasteiger partial charge on any atom is 0.339 e. The molecular formula is C13H20N2O3. The van der Waals surface area contributed by atoms with E-state index in [1.165, 1.54) is 7.11 Å². The largest absolute Gasteiger partial charge is 0.465 e. The van der Waals surface area contributed by atoms with E-state index in [0.29, 0.717) is 30.0 Å². The van der Waals surface area contributed by atoms with Gasteiger partial charge in [-0.3, -0.25) is 0 Å². The van der Waals surface area contributed by atoms with Crippen LogP contribution in [0.1, 0.15) is 35.8 Å². The van der Waals surface area contributed by atoms with Crippen LogP contribution in [0.5, 0.6) is 0 Å². The van der Waals surface area contributed by atoms with Crippen molar-refractivity contribution in [2.45, 2.75) is 32.8 Å². The van der Waals surface area contributed by atoms with Crippen molar-refractivity contribution in [3.8, 4) is 0 Å². The molecule has 100 valence electrons. The monoisotopic (exact) mass is 252 g/mol. The van der Waals surface area contributed by atoms with Gasteiger partial charge in [-0.05, 0) is 31.9 Å². The van der Waals surface area contributed by atoms with Crippen LogP contribution in [0.15, 0.2) is 12.1 Å². The number of rotatable bonds is 6. The van der Waals surface area contributed by atoms with Gasteiger partial charge in [0.05, 0.1) is 24.5 Å². The van der Waals surface area contributed by atoms with E-state index in [4.69, 9.17) is 0 Å². The maximum absolute atomic E-state index is 11.4. The zero-order valence-electron chi connectivity index (χ0n) is 11.1. The Labute approximate surface area is 107 Å². The molecule has 5 nitrogen and oxygen atoms in total. The van der Waals surface area contributed by atoms with E-state index in [0.717, 1.165) is 6.42 Å². The van der Waals surface area contributed by atoms with Crippen molar-refractivity contribution in [3.05, 3.63) is 23.4 Å². The van der Waals surface area contributed by atoms with Crippen molar-refractivity contribution in [1.82, 2.24) is 4.98 Å². The highest BCUT2D eigenvalue weighted by atomic mass is 16.5. The number of pyridine rings is 1. The number of ether oxygens (including phenoxy) is 1. The highest BCUT2D eigenvalue weighted by Gasteiger charge is 2.10. The Bertz CT molecular complexity index is 407. The van der Waals surface area contributed by atoms with Crippen LogP contribution in [0.4, 0.5) is 5.82 Å². The second-order valence-electron chi connectivity index (χ2n) is 4.10. The van der Waals surface area contributed by atoms with Crippen LogP contribution in [0.2, 0.25) is 0 Å². The second kappa shape index (κ2) is 6.96. The smallest absolute Gasteiger partial charge is 0.339 e. The lowest BCUT2D eigenvalue weighted by atomic mass is 10.2. The number of aliphatic hydroxyl groups is 1. The highest BCUT2D eigenvalue weighted by Crippen LogP contribution is 2.11. The van der Waals surface area contributed by atoms with Crippen molar-refractivity contribution < 1.29 is 14.6 Å². The van der Waals surface area contributed by atoms with E-state index < -0.39 is 0 Å². The van der Waals surface area contributed by atoms with Gasteiger partial charge in [-0.1, -0.05) is 6.92 Å². The maximum atomic E-state index is 11.4. The van der Waals surface area contributed by atoms with Crippen LogP contribution in [0, 0.1) is 6.92 Å². The molecule has 5 heteroatoms. The molecular weight excluding hydrogens is 232 g/mol. The number of hydrogen-bond donors (Lipinski definition) is 2. The van der Waals surface area contributed by atoms with Gasteiger partial charge in [-0.15, -0.1) is 0 Å². The van der Waals surface area contributed by atoms with E-state index in [9.17, 15) is 9.90 Å². The second-order valence-corrected chi connectivity index (χ2v) is 4.10. The molecule has 0 radical (unpaired) electrons. The summed E-state index contributed by atoms with van der Waals surface area (Å²) in [7, 11) is 1.35. The predicted octanol–water partition coefficient (Wildman–Crippen LogP) is 1.75. The third kappa shape index (κ3) is 4.00. The van der Waals surface area contributed by atoms with Gasteiger partial charge in [-0.25, -0.2) is 9.78 Å². The molecule has 2 N–H and O–H groups in total. The van der Waals surface area contributed by atoms with Gasteiger partial charge in [0.25, 0.3) is 0 Å². The minimum Gasteiger partial charge on any atom is -0.465 e. The molecule has 0 fully saturated rings. The average Bonchev–Trinajstić information content (AvgIpc) is 2.37. The topological polar surface area (TPSA) is 71.5 Å². The Balaban J connectivity index is 2.59. The first-order chi connectivity index (χ1) is 8.58. The van der Waals surface area contributed by atoms with Gasteiger partial charge in [0, 0.05) is 6.54 Å². The van der Waals surface area contributed by atoms with E-state index in [1.54, 1.807) is 19.1 Å². The van der Waals surface area contributed by atoms with E-state index in [-0.39, 0.29) is 12.1 Å². The standard InChI is InChI=1S/C13H20N2O3/c1-4-10(16)7-8-14-12-6-5-11(9(2)15-12)13(17)18-3/h5-6,10,16H,4,7-8H2,1-3H3,(H,14,15). The molecule has 0 aliphatic carbocycles. The number of aromatic nitrogens is 1. The Morgan fingerprint density at radius 2 is 2.28 bits per heavy atom. The summed E-state index contributed by atoms with van der Waals surface area (Å²) in [6.45, 7) is 4.36. The van der Waals surface area contributed by atoms with Crippen molar-refractivity contribution in [3.63, 3.8) is 0 Å². The Morgan fingerprint density at radius 1 is 1.56 bits per heavy atom. The van der Waals surface area contributed by atoms with Crippen molar-refractivity contribution in [1.29, 1.82) is 0 Å². The van der Waals surface area contributed by atoms with Gasteiger partial charge in [0.2, 0.25) is 0 Å². The first-order valence-electron chi connectivity index (χ1n) is 6.06. The molecule has 18 heavy (non-hydrogen) atoms. The molecule has 1 unspecified atom stereocenters. The molecule has 0 aliphatic rings. The number of nitrogens with one attached hydrogen (secondary N) is 1. The summed E-state index contributed by atoms with van der Waals surface area (Å²) in [5.41, 5.74) is 1.10. The lowest BCUT2D eigenvalue weighted by Gasteiger charge is -2.10. The summed E-state index contributed by atoms with van der Waals surface area (Å²) < 4.78 is 4.65. The number of aryl methyl sites for hydroxylation is 1. The predicted molar refractivity (Wildman–Crippen MR) is 69.7 cm³/mol. The van der Waals surface area contributed by atoms with Gasteiger partial charge < -0.3 is 15.2 Å². The normalized spacial score (nSPS) is 12.0. The van der Waals surface area contributed by atoms with Gasteiger partial charge >= 0.3 is 5.97 Å². The molecule has 0 spiro atoms. The summed E-state index contributed by atoms with van der Waals surface area (Å²) in [5.74, 6) is 0.316. The fraction of sp³-hybridized carbons (Fsp3) is 0.538. The van der Waals surface area contributed by atoms with E-state index >= 15 is 0 Å². The van der Waals surface area contributed by atoms with Crippen molar-refractivity contribution >= 4 is 11.8 Å². The van der Waals surface area contributed by atoms with Crippen LogP contribution >= 0.6 is 0 Å². The molecule has 0 saturated carbocycles. The zero-order chi connectivity index (χ0) is 13.5. The van der Waals surface area contributed by atoms with Crippen LogP contribution in [-0.4, -0.2) is 35.8 Å². The molecule has 0 aliphatic heterocycles. The van der Waals surface area contributed by atoms with E-state index in [2.05, 4.69) is 15.0 Å². The number of carbonyl (C=O) groups excluding carboxylic acids is 1. The fourth-order valence-electron chi connectivity index (χ4n) is 1.56. The van der Waals surface area contributed by atoms with Gasteiger partial charge in [0.1, 0.15) is 5.82 Å². The Morgan fingerprint density at radius 3 is 2.83 bits per heavy atom. The SMILES string of the molecule is CCC(O)CCNc1ccc(C(=O)OC)c(C)n1. The summed E-state index contributed by atoms with van der Waals surface area (Å²) >= 11 is 0. The lowest BCUT2D eigenvalue weighted by molar-refractivity contribution is 0.0599. The Kier molecular flexibility index (Phi) is 5.58. The van der Waals surface area contributed by atoms with Crippen LogP contribution in [0.25, 0.3) is 0 Å². The molecule has 0 amide bonds. The van der Waals surface area contributed by atoms with Crippen molar-refractivity contribution in [2.24, 2.45) is 0 Å². The number of hydrogen-bond acceptors (Lipinski definition) is 5. The molecule has 0 aromatic carbocycles. The molecule has 1 aromatic rings. The third-order valence-electron chi connectivity index (χ3n) is 2.75. The van der Waals surface area contributed by atoms with Crippen LogP contribution in [-0.2, 0) is 4.74 Å². The fourth-order valence-corrected chi connectivity index (χ4v) is 1.56. The third-order valence-corrected chi connectivity index (χ3v) is 2.75. The zero-order valence-corrected chi connectivity index (χ0v) is 11.1. The molecule has 1 heterocycles. The minimum atomic E-state index is -0.382. The number of aliphatic hydroxyl groups excluding tert-OH is 1. The molecule has 1 atom stereocenters. The number of anilines is 1. The first kappa shape index (κ1) is 14.4. The summed E-state index contributed by atoms with van der Waals surface area (Å²) in [6.07, 6.45) is 1.14. The van der Waals surface area contributed by atoms with E-state index in [1.807, 2.05) is 6.92 Å². The lowest BCUT2D eigenvalue weighted by Crippen LogP contribution is -2.13. The molecule has 1 aromatic heterocycles. The quantitative estimate of drug-likeness (QED) is 0.755. The highest BCUT2D eigenvalue weighted by molar-refractivity contribution is 5.90. The first-order valence-corrected chi connectivity index (χ1v) is 6.06. The molecule has 0 bridgehead atoms. The average molecular weight is 252 g/mol. The van der Waals surface area contributed by atoms with Crippen molar-refractivity contribution in [2.75, 3.05) is 19.0 Å². The summed E-state index contributed by atoms with van der Waals surface area (Å²) in [4.78, 5) is 15.6. The number of methoxy groups -OCH3 is 1. The number of nitrogens with zero attached hydrogens (tertiary/aromatic N) is 1. The van der Waals surface area contributed by atoms with Crippen LogP contribution < -0.4 is 5.32 Å². The molecule has 1 rings (SSSR count).